The van der Waals surface area contributed by atoms with Crippen molar-refractivity contribution in [3.8, 4) is 9.85 Å². The van der Waals surface area contributed by atoms with Crippen molar-refractivity contribution in [3.05, 3.63) is 34.9 Å². The molecule has 0 aliphatic rings. The third-order valence-electron chi connectivity index (χ3n) is 2.21. The molecule has 0 aliphatic heterocycles. The van der Waals surface area contributed by atoms with Crippen LogP contribution in [0.25, 0.3) is 0 Å². The second kappa shape index (κ2) is 6.54. The molecule has 0 amide bonds. The van der Waals surface area contributed by atoms with Crippen LogP contribution in [0.3, 0.4) is 0 Å². The Bertz CT molecular complexity index is 441. The maximum Gasteiger partial charge on any atom is 0.311 e. The van der Waals surface area contributed by atoms with Crippen molar-refractivity contribution in [2.45, 2.75) is 20.3 Å². The minimum Gasteiger partial charge on any atom is -0.452 e. The first-order chi connectivity index (χ1) is 7.63. The van der Waals surface area contributed by atoms with Crippen molar-refractivity contribution >= 4 is 28.6 Å². The minimum absolute atomic E-state index is 0.173. The zero-order valence-corrected chi connectivity index (χ0v) is 11.5. The molecule has 1 aromatic rings. The van der Waals surface area contributed by atoms with Crippen LogP contribution < -0.4 is 0 Å². The topological polar surface area (TPSA) is 26.3 Å². The van der Waals surface area contributed by atoms with Crippen LogP contribution >= 0.6 is 22.6 Å². The van der Waals surface area contributed by atoms with E-state index in [-0.39, 0.29) is 12.6 Å². The Balaban J connectivity index is 2.58. The summed E-state index contributed by atoms with van der Waals surface area (Å²) in [5, 5.41) is 0. The van der Waals surface area contributed by atoms with E-state index in [4.69, 9.17) is 4.74 Å². The predicted octanol–water partition coefficient (Wildman–Crippen LogP) is 2.79. The van der Waals surface area contributed by atoms with E-state index in [1.165, 1.54) is 5.56 Å². The van der Waals surface area contributed by atoms with Gasteiger partial charge < -0.3 is 4.74 Å². The molecule has 0 fully saturated rings. The van der Waals surface area contributed by atoms with Gasteiger partial charge in [-0.05, 0) is 28.9 Å². The molecule has 0 aromatic heterocycles. The Morgan fingerprint density at radius 1 is 1.44 bits per heavy atom. The Morgan fingerprint density at radius 3 is 2.81 bits per heavy atom. The van der Waals surface area contributed by atoms with E-state index in [0.717, 1.165) is 11.1 Å². The van der Waals surface area contributed by atoms with Crippen LogP contribution in [0.15, 0.2) is 18.2 Å². The summed E-state index contributed by atoms with van der Waals surface area (Å²) in [7, 11) is 0. The Labute approximate surface area is 110 Å². The molecule has 1 rings (SSSR count). The lowest BCUT2D eigenvalue weighted by atomic mass is 10.0. The van der Waals surface area contributed by atoms with E-state index >= 15 is 0 Å². The summed E-state index contributed by atoms with van der Waals surface area (Å²) < 4.78 is 7.60. The van der Waals surface area contributed by atoms with Gasteiger partial charge in [-0.25, -0.2) is 0 Å². The fourth-order valence-electron chi connectivity index (χ4n) is 1.39. The number of halogens is 1. The van der Waals surface area contributed by atoms with Gasteiger partial charge >= 0.3 is 5.97 Å². The fourth-order valence-corrected chi connectivity index (χ4v) is 1.55. The highest BCUT2D eigenvalue weighted by Gasteiger charge is 2.06. The normalized spacial score (nSPS) is 9.19. The molecule has 3 heteroatoms. The van der Waals surface area contributed by atoms with Crippen LogP contribution in [0.2, 0.25) is 0 Å². The summed E-state index contributed by atoms with van der Waals surface area (Å²) in [6.07, 6.45) is 0.315. The van der Waals surface area contributed by atoms with Gasteiger partial charge in [-0.15, -0.1) is 0 Å². The third-order valence-corrected chi connectivity index (χ3v) is 2.59. The average molecular weight is 328 g/mol. The minimum atomic E-state index is -0.230. The van der Waals surface area contributed by atoms with Gasteiger partial charge in [-0.3, -0.25) is 4.79 Å². The molecule has 1 aromatic carbocycles. The molecule has 0 heterocycles. The molecule has 16 heavy (non-hydrogen) atoms. The summed E-state index contributed by atoms with van der Waals surface area (Å²) in [6.45, 7) is 4.21. The predicted molar refractivity (Wildman–Crippen MR) is 72.4 cm³/mol. The van der Waals surface area contributed by atoms with E-state index in [2.05, 4.69) is 15.9 Å². The van der Waals surface area contributed by atoms with Gasteiger partial charge in [0.25, 0.3) is 0 Å². The molecule has 84 valence electrons. The molecule has 0 saturated heterocycles. The van der Waals surface area contributed by atoms with Crippen molar-refractivity contribution in [2.75, 3.05) is 6.61 Å². The zero-order valence-electron chi connectivity index (χ0n) is 9.34. The summed E-state index contributed by atoms with van der Waals surface area (Å²) in [4.78, 5) is 11.4. The molecule has 2 nitrogen and oxygen atoms in total. The van der Waals surface area contributed by atoms with Gasteiger partial charge in [0.2, 0.25) is 0 Å². The van der Waals surface area contributed by atoms with Crippen molar-refractivity contribution in [2.24, 2.45) is 0 Å². The number of rotatable bonds is 3. The summed E-state index contributed by atoms with van der Waals surface area (Å²) >= 11 is 1.91. The number of ether oxygens (including phenoxy) is 1. The molecule has 0 N–H and O–H groups in total. The second-order valence-electron chi connectivity index (χ2n) is 3.54. The van der Waals surface area contributed by atoms with Gasteiger partial charge in [0.05, 0.1) is 6.42 Å². The first-order valence-electron chi connectivity index (χ1n) is 4.93. The quantitative estimate of drug-likeness (QED) is 0.485. The molecule has 0 spiro atoms. The Hall–Kier alpha value is -1.02. The highest BCUT2D eigenvalue weighted by Crippen LogP contribution is 2.11. The van der Waals surface area contributed by atoms with Crippen LogP contribution in [0, 0.1) is 23.7 Å². The number of carbonyl (C=O) groups is 1. The largest absolute Gasteiger partial charge is 0.452 e. The first kappa shape index (κ1) is 13.0. The van der Waals surface area contributed by atoms with Gasteiger partial charge in [0, 0.05) is 22.6 Å². The molecule has 0 bridgehead atoms. The van der Waals surface area contributed by atoms with Crippen molar-refractivity contribution in [1.29, 1.82) is 0 Å². The summed E-state index contributed by atoms with van der Waals surface area (Å²) in [5.41, 5.74) is 3.33. The van der Waals surface area contributed by atoms with Gasteiger partial charge in [0.1, 0.15) is 0 Å². The molecule has 0 saturated carbocycles. The third kappa shape index (κ3) is 4.23. The second-order valence-corrected chi connectivity index (χ2v) is 4.08. The monoisotopic (exact) mass is 328 g/mol. The highest BCUT2D eigenvalue weighted by atomic mass is 127. The molecule has 0 unspecified atom stereocenters. The Morgan fingerprint density at radius 2 is 2.19 bits per heavy atom. The van der Waals surface area contributed by atoms with Gasteiger partial charge in [-0.1, -0.05) is 29.7 Å². The van der Waals surface area contributed by atoms with Crippen LogP contribution in [0.4, 0.5) is 0 Å². The summed E-state index contributed by atoms with van der Waals surface area (Å²) in [6, 6.07) is 6.03. The SMILES string of the molecule is Cc1ccc(CC(=O)OCC#CI)c(C)c1. The van der Waals surface area contributed by atoms with E-state index in [1.54, 1.807) is 0 Å². The van der Waals surface area contributed by atoms with Gasteiger partial charge in [0.15, 0.2) is 6.61 Å². The Kier molecular flexibility index (Phi) is 5.33. The number of hydrogen-bond acceptors (Lipinski definition) is 2. The van der Waals surface area contributed by atoms with Crippen molar-refractivity contribution in [3.63, 3.8) is 0 Å². The molecular weight excluding hydrogens is 315 g/mol. The van der Waals surface area contributed by atoms with Crippen LogP contribution in [-0.4, -0.2) is 12.6 Å². The number of esters is 1. The zero-order chi connectivity index (χ0) is 12.0. The highest BCUT2D eigenvalue weighted by molar-refractivity contribution is 14.1. The fraction of sp³-hybridized carbons (Fsp3) is 0.308. The lowest BCUT2D eigenvalue weighted by molar-refractivity contribution is -0.141. The number of benzene rings is 1. The lowest BCUT2D eigenvalue weighted by Crippen LogP contribution is -2.09. The van der Waals surface area contributed by atoms with Crippen LogP contribution in [0.5, 0.6) is 0 Å². The van der Waals surface area contributed by atoms with E-state index < -0.39 is 0 Å². The maximum atomic E-state index is 11.4. The lowest BCUT2D eigenvalue weighted by Gasteiger charge is -2.05. The van der Waals surface area contributed by atoms with Crippen LogP contribution in [-0.2, 0) is 16.0 Å². The van der Waals surface area contributed by atoms with E-state index in [9.17, 15) is 4.79 Å². The van der Waals surface area contributed by atoms with Crippen molar-refractivity contribution < 1.29 is 9.53 Å². The van der Waals surface area contributed by atoms with Crippen molar-refractivity contribution in [1.82, 2.24) is 0 Å². The maximum absolute atomic E-state index is 11.4. The molecular formula is C13H13IO2. The first-order valence-corrected chi connectivity index (χ1v) is 6.01. The molecule has 0 radical (unpaired) electrons. The standard InChI is InChI=1S/C13H13IO2/c1-10-4-5-12(11(2)8-10)9-13(15)16-7-3-6-14/h4-5,8H,7,9H2,1-2H3. The molecule has 0 atom stereocenters. The summed E-state index contributed by atoms with van der Waals surface area (Å²) in [5.74, 6) is 2.45. The number of carbonyl (C=O) groups excluding carboxylic acids is 1. The van der Waals surface area contributed by atoms with Crippen LogP contribution in [0.1, 0.15) is 16.7 Å². The van der Waals surface area contributed by atoms with E-state index in [0.29, 0.717) is 6.42 Å². The number of aryl methyl sites for hydroxylation is 2. The number of hydrogen-bond donors (Lipinski definition) is 0. The van der Waals surface area contributed by atoms with Gasteiger partial charge in [-0.2, -0.15) is 0 Å². The molecule has 0 aliphatic carbocycles. The smallest absolute Gasteiger partial charge is 0.311 e. The van der Waals surface area contributed by atoms with E-state index in [1.807, 2.05) is 48.6 Å². The average Bonchev–Trinajstić information content (AvgIpc) is 2.23.